The summed E-state index contributed by atoms with van der Waals surface area (Å²) in [5.74, 6) is 0.606. The van der Waals surface area contributed by atoms with E-state index in [9.17, 15) is 5.11 Å². The summed E-state index contributed by atoms with van der Waals surface area (Å²) in [7, 11) is 1.60. The van der Waals surface area contributed by atoms with Crippen LogP contribution in [0.2, 0.25) is 0 Å². The molecule has 14 heavy (non-hydrogen) atoms. The summed E-state index contributed by atoms with van der Waals surface area (Å²) in [6, 6.07) is 0. The van der Waals surface area contributed by atoms with E-state index in [1.54, 1.807) is 7.11 Å². The van der Waals surface area contributed by atoms with E-state index in [2.05, 4.69) is 4.90 Å². The first-order chi connectivity index (χ1) is 6.76. The Morgan fingerprint density at radius 3 is 3.00 bits per heavy atom. The molecule has 0 spiro atoms. The quantitative estimate of drug-likeness (QED) is 0.622. The Bertz CT molecular complexity index is 154. The minimum Gasteiger partial charge on any atom is -0.396 e. The lowest BCUT2D eigenvalue weighted by Gasteiger charge is -2.19. The Labute approximate surface area is 85.5 Å². The highest BCUT2D eigenvalue weighted by molar-refractivity contribution is 4.77. The molecule has 0 saturated carbocycles. The molecule has 0 aromatic rings. The van der Waals surface area contributed by atoms with Crippen LogP contribution in [0, 0.1) is 5.92 Å². The topological polar surface area (TPSA) is 52.9 Å². The third-order valence-electron chi connectivity index (χ3n) is 2.74. The van der Waals surface area contributed by atoms with Gasteiger partial charge in [0.1, 0.15) is 0 Å². The zero-order valence-electron chi connectivity index (χ0n) is 8.85. The minimum absolute atomic E-state index is 0.277. The van der Waals surface area contributed by atoms with Gasteiger partial charge in [-0.2, -0.15) is 0 Å². The molecule has 1 aliphatic rings. The number of nitrogens with zero attached hydrogens (tertiary/aromatic N) is 1. The molecular weight excluding hydrogens is 182 g/mol. The van der Waals surface area contributed by atoms with Crippen LogP contribution >= 0.6 is 0 Å². The second-order valence-corrected chi connectivity index (χ2v) is 4.04. The molecule has 84 valence electrons. The Morgan fingerprint density at radius 1 is 1.57 bits per heavy atom. The van der Waals surface area contributed by atoms with Crippen molar-refractivity contribution in [3.05, 3.63) is 0 Å². The summed E-state index contributed by atoms with van der Waals surface area (Å²) >= 11 is 0. The van der Waals surface area contributed by atoms with Gasteiger partial charge in [-0.15, -0.1) is 0 Å². The molecule has 0 aliphatic carbocycles. The fourth-order valence-corrected chi connectivity index (χ4v) is 2.04. The summed E-state index contributed by atoms with van der Waals surface area (Å²) in [5, 5.41) is 18.3. The average molecular weight is 203 g/mol. The Hall–Kier alpha value is -0.160. The number of rotatable bonds is 6. The third-order valence-corrected chi connectivity index (χ3v) is 2.74. The van der Waals surface area contributed by atoms with Crippen molar-refractivity contribution < 1.29 is 14.9 Å². The van der Waals surface area contributed by atoms with Crippen molar-refractivity contribution in [3.63, 3.8) is 0 Å². The van der Waals surface area contributed by atoms with E-state index < -0.39 is 0 Å². The van der Waals surface area contributed by atoms with Crippen LogP contribution in [0.15, 0.2) is 0 Å². The van der Waals surface area contributed by atoms with Crippen LogP contribution in [0.25, 0.3) is 0 Å². The van der Waals surface area contributed by atoms with Crippen LogP contribution in [0.5, 0.6) is 0 Å². The second kappa shape index (κ2) is 6.35. The molecule has 0 radical (unpaired) electrons. The van der Waals surface area contributed by atoms with Crippen molar-refractivity contribution >= 4 is 0 Å². The first kappa shape index (κ1) is 11.9. The molecule has 4 heteroatoms. The van der Waals surface area contributed by atoms with Crippen LogP contribution in [-0.2, 0) is 4.74 Å². The number of methoxy groups -OCH3 is 1. The van der Waals surface area contributed by atoms with Crippen molar-refractivity contribution in [2.24, 2.45) is 5.92 Å². The predicted molar refractivity (Wildman–Crippen MR) is 54.1 cm³/mol. The van der Waals surface area contributed by atoms with E-state index in [0.29, 0.717) is 19.1 Å². The summed E-state index contributed by atoms with van der Waals surface area (Å²) < 4.78 is 4.87. The van der Waals surface area contributed by atoms with Crippen molar-refractivity contribution in [3.8, 4) is 0 Å². The number of ether oxygens (including phenoxy) is 1. The summed E-state index contributed by atoms with van der Waals surface area (Å²) in [5.41, 5.74) is 0. The Morgan fingerprint density at radius 2 is 2.36 bits per heavy atom. The maximum Gasteiger partial charge on any atom is 0.0900 e. The molecule has 0 aromatic carbocycles. The van der Waals surface area contributed by atoms with Crippen LogP contribution in [0.3, 0.4) is 0 Å². The van der Waals surface area contributed by atoms with Gasteiger partial charge in [0, 0.05) is 26.8 Å². The normalized spacial score (nSPS) is 25.5. The first-order valence-electron chi connectivity index (χ1n) is 5.26. The second-order valence-electron chi connectivity index (χ2n) is 4.04. The Balaban J connectivity index is 2.15. The number of aliphatic hydroxyl groups is 2. The number of hydrogen-bond acceptors (Lipinski definition) is 4. The molecule has 2 unspecified atom stereocenters. The van der Waals surface area contributed by atoms with Crippen LogP contribution in [-0.4, -0.2) is 61.2 Å². The van der Waals surface area contributed by atoms with Crippen molar-refractivity contribution in [2.45, 2.75) is 18.9 Å². The lowest BCUT2D eigenvalue weighted by atomic mass is 10.1. The lowest BCUT2D eigenvalue weighted by molar-refractivity contribution is 0.0419. The molecule has 0 aromatic heterocycles. The molecule has 2 N–H and O–H groups in total. The van der Waals surface area contributed by atoms with Gasteiger partial charge in [-0.25, -0.2) is 0 Å². The first-order valence-corrected chi connectivity index (χ1v) is 5.26. The van der Waals surface area contributed by atoms with E-state index >= 15 is 0 Å². The highest BCUT2D eigenvalue weighted by atomic mass is 16.5. The van der Waals surface area contributed by atoms with Gasteiger partial charge in [0.2, 0.25) is 0 Å². The van der Waals surface area contributed by atoms with Gasteiger partial charge in [-0.1, -0.05) is 0 Å². The molecule has 1 fully saturated rings. The predicted octanol–water partition coefficient (Wildman–Crippen LogP) is -0.302. The standard InChI is InChI=1S/C10H21NO3/c1-14-8-10(13)7-11-4-2-9(6-11)3-5-12/h9-10,12-13H,2-8H2,1H3. The molecule has 1 saturated heterocycles. The van der Waals surface area contributed by atoms with E-state index in [0.717, 1.165) is 25.9 Å². The van der Waals surface area contributed by atoms with E-state index in [1.165, 1.54) is 0 Å². The van der Waals surface area contributed by atoms with Gasteiger partial charge < -0.3 is 19.8 Å². The summed E-state index contributed by atoms with van der Waals surface area (Å²) in [4.78, 5) is 2.24. The zero-order chi connectivity index (χ0) is 10.4. The fraction of sp³-hybridized carbons (Fsp3) is 1.00. The average Bonchev–Trinajstić information content (AvgIpc) is 2.53. The monoisotopic (exact) mass is 203 g/mol. The summed E-state index contributed by atoms with van der Waals surface area (Å²) in [6.45, 7) is 3.41. The van der Waals surface area contributed by atoms with Crippen molar-refractivity contribution in [1.29, 1.82) is 0 Å². The molecule has 1 aliphatic heterocycles. The Kier molecular flexibility index (Phi) is 5.40. The van der Waals surface area contributed by atoms with Gasteiger partial charge in [-0.05, 0) is 25.3 Å². The molecular formula is C10H21NO3. The van der Waals surface area contributed by atoms with Crippen molar-refractivity contribution in [1.82, 2.24) is 4.90 Å². The van der Waals surface area contributed by atoms with Gasteiger partial charge in [0.15, 0.2) is 0 Å². The summed E-state index contributed by atoms with van der Waals surface area (Å²) in [6.07, 6.45) is 1.64. The zero-order valence-corrected chi connectivity index (χ0v) is 8.85. The number of aliphatic hydroxyl groups excluding tert-OH is 2. The number of β-amino-alcohol motifs (C(OH)–C–C–N with tert-alkyl or cyclic N) is 1. The van der Waals surface area contributed by atoms with Crippen LogP contribution in [0.4, 0.5) is 0 Å². The van der Waals surface area contributed by atoms with Crippen LogP contribution < -0.4 is 0 Å². The maximum atomic E-state index is 9.51. The number of hydrogen-bond donors (Lipinski definition) is 2. The van der Waals surface area contributed by atoms with Crippen molar-refractivity contribution in [2.75, 3.05) is 40.0 Å². The van der Waals surface area contributed by atoms with Gasteiger partial charge in [0.05, 0.1) is 12.7 Å². The van der Waals surface area contributed by atoms with Crippen LogP contribution in [0.1, 0.15) is 12.8 Å². The molecule has 1 heterocycles. The fourth-order valence-electron chi connectivity index (χ4n) is 2.04. The molecule has 0 amide bonds. The van der Waals surface area contributed by atoms with E-state index in [-0.39, 0.29) is 12.7 Å². The molecule has 4 nitrogen and oxygen atoms in total. The SMILES string of the molecule is COCC(O)CN1CCC(CCO)C1. The minimum atomic E-state index is -0.382. The van der Waals surface area contributed by atoms with Gasteiger partial charge in [-0.3, -0.25) is 0 Å². The van der Waals surface area contributed by atoms with Gasteiger partial charge >= 0.3 is 0 Å². The molecule has 0 bridgehead atoms. The third kappa shape index (κ3) is 3.92. The molecule has 2 atom stereocenters. The maximum absolute atomic E-state index is 9.51. The van der Waals surface area contributed by atoms with Gasteiger partial charge in [0.25, 0.3) is 0 Å². The smallest absolute Gasteiger partial charge is 0.0900 e. The van der Waals surface area contributed by atoms with E-state index in [4.69, 9.17) is 9.84 Å². The molecule has 1 rings (SSSR count). The highest BCUT2D eigenvalue weighted by Crippen LogP contribution is 2.18. The number of likely N-dealkylation sites (tertiary alicyclic amines) is 1. The lowest BCUT2D eigenvalue weighted by Crippen LogP contribution is -2.33. The highest BCUT2D eigenvalue weighted by Gasteiger charge is 2.23. The van der Waals surface area contributed by atoms with E-state index in [1.807, 2.05) is 0 Å². The largest absolute Gasteiger partial charge is 0.396 e.